The Morgan fingerprint density at radius 2 is 1.91 bits per heavy atom. The first-order chi connectivity index (χ1) is 5.18. The number of thiocarbonyl (C=S) groups is 1. The first-order valence-corrected chi connectivity index (χ1v) is 3.89. The monoisotopic (exact) mass is 164 g/mol. The van der Waals surface area contributed by atoms with Crippen LogP contribution in [-0.4, -0.2) is 4.99 Å². The molecule has 2 heteroatoms. The zero-order valence-corrected chi connectivity index (χ0v) is 7.24. The fourth-order valence-electron chi connectivity index (χ4n) is 0.891. The van der Waals surface area contributed by atoms with Crippen LogP contribution in [0.15, 0.2) is 24.3 Å². The van der Waals surface area contributed by atoms with Crippen molar-refractivity contribution >= 4 is 17.2 Å². The van der Waals surface area contributed by atoms with Crippen molar-refractivity contribution in [3.63, 3.8) is 0 Å². The highest BCUT2D eigenvalue weighted by Crippen LogP contribution is 2.03. The lowest BCUT2D eigenvalue weighted by Gasteiger charge is -1.97. The highest BCUT2D eigenvalue weighted by molar-refractivity contribution is 7.80. The number of hydrogen-bond donors (Lipinski definition) is 0. The average molecular weight is 164 g/mol. The summed E-state index contributed by atoms with van der Waals surface area (Å²) in [5, 5.41) is 0. The van der Waals surface area contributed by atoms with Crippen molar-refractivity contribution in [1.29, 1.82) is 0 Å². The van der Waals surface area contributed by atoms with Crippen LogP contribution in [0.2, 0.25) is 0 Å². The molecule has 0 heterocycles. The minimum absolute atomic E-state index is 0.300. The second-order valence-electron chi connectivity index (χ2n) is 2.59. The predicted octanol–water partition coefficient (Wildman–Crippen LogP) is 2.15. The van der Waals surface area contributed by atoms with Gasteiger partial charge in [-0.15, -0.1) is 0 Å². The molecule has 1 radical (unpaired) electrons. The Bertz CT molecular complexity index is 251. The Morgan fingerprint density at radius 3 is 2.36 bits per heavy atom. The van der Waals surface area contributed by atoms with Crippen molar-refractivity contribution in [2.75, 3.05) is 0 Å². The van der Waals surface area contributed by atoms with Crippen LogP contribution in [0.25, 0.3) is 0 Å². The molecule has 11 heavy (non-hydrogen) atoms. The Kier molecular flexibility index (Phi) is 2.60. The quantitative estimate of drug-likeness (QED) is 0.614. The molecule has 0 amide bonds. The van der Waals surface area contributed by atoms with E-state index in [4.69, 9.17) is 5.73 Å². The van der Waals surface area contributed by atoms with Gasteiger partial charge in [-0.05, 0) is 12.5 Å². The Labute approximate surface area is 72.2 Å². The third-order valence-corrected chi connectivity index (χ3v) is 1.63. The third kappa shape index (κ3) is 2.68. The lowest BCUT2D eigenvalue weighted by atomic mass is 10.1. The van der Waals surface area contributed by atoms with Gasteiger partial charge in [0.1, 0.15) is 0 Å². The molecule has 0 saturated carbocycles. The molecule has 0 fully saturated rings. The summed E-state index contributed by atoms with van der Waals surface area (Å²) in [6.07, 6.45) is 0.593. The molecular weight excluding hydrogens is 154 g/mol. The van der Waals surface area contributed by atoms with Gasteiger partial charge in [0.25, 0.3) is 0 Å². The summed E-state index contributed by atoms with van der Waals surface area (Å²) in [5.74, 6) is 0. The summed E-state index contributed by atoms with van der Waals surface area (Å²) in [7, 11) is 0. The van der Waals surface area contributed by atoms with Gasteiger partial charge >= 0.3 is 0 Å². The smallest absolute Gasteiger partial charge is 0.0984 e. The molecule has 0 bridgehead atoms. The van der Waals surface area contributed by atoms with E-state index in [9.17, 15) is 0 Å². The van der Waals surface area contributed by atoms with Crippen molar-refractivity contribution in [2.24, 2.45) is 0 Å². The number of benzene rings is 1. The van der Waals surface area contributed by atoms with E-state index < -0.39 is 0 Å². The zero-order valence-electron chi connectivity index (χ0n) is 6.42. The zero-order chi connectivity index (χ0) is 8.27. The molecule has 0 aromatic heterocycles. The van der Waals surface area contributed by atoms with E-state index in [2.05, 4.69) is 12.2 Å². The molecule has 0 saturated heterocycles. The van der Waals surface area contributed by atoms with Gasteiger partial charge in [0.05, 0.1) is 4.99 Å². The van der Waals surface area contributed by atoms with E-state index >= 15 is 0 Å². The van der Waals surface area contributed by atoms with Gasteiger partial charge in [0, 0.05) is 6.42 Å². The molecule has 1 nitrogen and oxygen atoms in total. The first kappa shape index (κ1) is 8.21. The predicted molar refractivity (Wildman–Crippen MR) is 50.6 cm³/mol. The maximum atomic E-state index is 7.10. The number of hydrogen-bond acceptors (Lipinski definition) is 1. The summed E-state index contributed by atoms with van der Waals surface area (Å²) < 4.78 is 0. The van der Waals surface area contributed by atoms with Crippen molar-refractivity contribution in [3.8, 4) is 0 Å². The molecule has 0 spiro atoms. The summed E-state index contributed by atoms with van der Waals surface area (Å²) in [6, 6.07) is 8.09. The van der Waals surface area contributed by atoms with Gasteiger partial charge in [-0.2, -0.15) is 0 Å². The maximum absolute atomic E-state index is 7.10. The van der Waals surface area contributed by atoms with Crippen LogP contribution >= 0.6 is 12.2 Å². The van der Waals surface area contributed by atoms with Crippen LogP contribution in [0.5, 0.6) is 0 Å². The van der Waals surface area contributed by atoms with E-state index in [0.29, 0.717) is 11.4 Å². The lowest BCUT2D eigenvalue weighted by molar-refractivity contribution is 1.30. The molecule has 1 aromatic carbocycles. The number of rotatable bonds is 2. The number of aryl methyl sites for hydroxylation is 1. The molecule has 0 atom stereocenters. The average Bonchev–Trinajstić information content (AvgIpc) is 1.93. The second kappa shape index (κ2) is 3.49. The topological polar surface area (TPSA) is 23.8 Å². The van der Waals surface area contributed by atoms with E-state index in [1.807, 2.05) is 31.2 Å². The molecule has 0 aliphatic rings. The first-order valence-electron chi connectivity index (χ1n) is 3.48. The molecule has 0 aliphatic carbocycles. The summed E-state index contributed by atoms with van der Waals surface area (Å²) in [5.41, 5.74) is 9.46. The minimum Gasteiger partial charge on any atom is -0.293 e. The van der Waals surface area contributed by atoms with Crippen molar-refractivity contribution < 1.29 is 0 Å². The summed E-state index contributed by atoms with van der Waals surface area (Å²) >= 11 is 4.68. The maximum Gasteiger partial charge on any atom is 0.0984 e. The van der Waals surface area contributed by atoms with Gasteiger partial charge in [-0.1, -0.05) is 42.0 Å². The fourth-order valence-corrected chi connectivity index (χ4v) is 1.06. The van der Waals surface area contributed by atoms with Crippen LogP contribution in [-0.2, 0) is 6.42 Å². The Balaban J connectivity index is 2.74. The van der Waals surface area contributed by atoms with Gasteiger partial charge in [-0.25, -0.2) is 0 Å². The van der Waals surface area contributed by atoms with Gasteiger partial charge in [0.2, 0.25) is 0 Å². The van der Waals surface area contributed by atoms with E-state index in [0.717, 1.165) is 5.56 Å². The van der Waals surface area contributed by atoms with E-state index in [1.165, 1.54) is 5.56 Å². The Hall–Kier alpha value is -0.890. The fraction of sp³-hybridized carbons (Fsp3) is 0.222. The van der Waals surface area contributed by atoms with Crippen LogP contribution in [0.3, 0.4) is 0 Å². The lowest BCUT2D eigenvalue weighted by Crippen LogP contribution is -1.98. The van der Waals surface area contributed by atoms with Crippen molar-refractivity contribution in [3.05, 3.63) is 35.4 Å². The molecular formula is C9H10NS. The molecule has 0 unspecified atom stereocenters. The third-order valence-electron chi connectivity index (χ3n) is 1.49. The van der Waals surface area contributed by atoms with Crippen LogP contribution in [0.1, 0.15) is 11.1 Å². The molecule has 57 valence electrons. The minimum atomic E-state index is 0.300. The second-order valence-corrected chi connectivity index (χ2v) is 3.08. The molecule has 0 aliphatic heterocycles. The van der Waals surface area contributed by atoms with Crippen LogP contribution in [0.4, 0.5) is 0 Å². The largest absolute Gasteiger partial charge is 0.293 e. The van der Waals surface area contributed by atoms with Crippen LogP contribution in [0, 0.1) is 6.92 Å². The molecule has 1 rings (SSSR count). The summed E-state index contributed by atoms with van der Waals surface area (Å²) in [6.45, 7) is 2.04. The highest BCUT2D eigenvalue weighted by atomic mass is 32.1. The van der Waals surface area contributed by atoms with Crippen molar-refractivity contribution in [1.82, 2.24) is 5.73 Å². The van der Waals surface area contributed by atoms with Gasteiger partial charge in [-0.3, -0.25) is 5.73 Å². The van der Waals surface area contributed by atoms with E-state index in [-0.39, 0.29) is 0 Å². The summed E-state index contributed by atoms with van der Waals surface area (Å²) in [4.78, 5) is 0.300. The Morgan fingerprint density at radius 1 is 1.36 bits per heavy atom. The van der Waals surface area contributed by atoms with Crippen LogP contribution < -0.4 is 5.73 Å². The normalized spacial score (nSPS) is 9.55. The number of nitrogens with one attached hydrogen (secondary N) is 1. The SMILES string of the molecule is Cc1ccc(CC([NH])=S)cc1. The van der Waals surface area contributed by atoms with E-state index in [1.54, 1.807) is 0 Å². The molecule has 1 aromatic rings. The van der Waals surface area contributed by atoms with Gasteiger partial charge in [0.15, 0.2) is 0 Å². The van der Waals surface area contributed by atoms with Gasteiger partial charge < -0.3 is 0 Å². The van der Waals surface area contributed by atoms with Crippen molar-refractivity contribution in [2.45, 2.75) is 13.3 Å². The standard InChI is InChI=1S/C9H10NS/c1-7-2-4-8(5-3-7)6-9(10)11/h2-5,10H,6H2,1H3. The highest BCUT2D eigenvalue weighted by Gasteiger charge is 1.93. The molecule has 1 N–H and O–H groups in total.